The molecular weight excluding hydrogens is 258 g/mol. The maximum atomic E-state index is 6.09. The smallest absolute Gasteiger partial charge is 0.119 e. The molecule has 2 rings (SSSR count). The molecule has 0 aliphatic rings. The van der Waals surface area contributed by atoms with Crippen molar-refractivity contribution in [1.82, 2.24) is 5.32 Å². The second kappa shape index (κ2) is 6.60. The molecule has 1 N–H and O–H groups in total. The minimum atomic E-state index is 0.345. The number of rotatable bonds is 5. The quantitative estimate of drug-likeness (QED) is 0.883. The Morgan fingerprint density at radius 1 is 1.11 bits per heavy atom. The van der Waals surface area contributed by atoms with Gasteiger partial charge >= 0.3 is 0 Å². The zero-order valence-electron chi connectivity index (χ0n) is 11.2. The third kappa shape index (κ3) is 3.72. The Labute approximate surface area is 119 Å². The van der Waals surface area contributed by atoms with Crippen molar-refractivity contribution in [3.05, 3.63) is 64.7 Å². The monoisotopic (exact) mass is 275 g/mol. The molecule has 2 nitrogen and oxygen atoms in total. The molecule has 2 aromatic carbocycles. The van der Waals surface area contributed by atoms with E-state index in [1.165, 1.54) is 5.56 Å². The van der Waals surface area contributed by atoms with E-state index in [-0.39, 0.29) is 0 Å². The van der Waals surface area contributed by atoms with Crippen LogP contribution in [0.4, 0.5) is 0 Å². The molecule has 0 bridgehead atoms. The summed E-state index contributed by atoms with van der Waals surface area (Å²) in [5.74, 6) is 0.854. The molecule has 0 aliphatic heterocycles. The lowest BCUT2D eigenvalue weighted by Crippen LogP contribution is -2.11. The molecule has 0 saturated heterocycles. The van der Waals surface area contributed by atoms with Crippen molar-refractivity contribution in [1.29, 1.82) is 0 Å². The fraction of sp³-hybridized carbons (Fsp3) is 0.250. The van der Waals surface area contributed by atoms with Crippen molar-refractivity contribution in [3.8, 4) is 5.75 Å². The van der Waals surface area contributed by atoms with Crippen LogP contribution in [-0.2, 0) is 6.61 Å². The topological polar surface area (TPSA) is 21.3 Å². The van der Waals surface area contributed by atoms with E-state index in [9.17, 15) is 0 Å². The van der Waals surface area contributed by atoms with Crippen LogP contribution < -0.4 is 10.1 Å². The highest BCUT2D eigenvalue weighted by Gasteiger charge is 2.03. The van der Waals surface area contributed by atoms with Crippen molar-refractivity contribution < 1.29 is 4.74 Å². The third-order valence-electron chi connectivity index (χ3n) is 3.17. The van der Waals surface area contributed by atoms with Crippen molar-refractivity contribution >= 4 is 11.6 Å². The van der Waals surface area contributed by atoms with E-state index in [1.54, 1.807) is 0 Å². The highest BCUT2D eigenvalue weighted by molar-refractivity contribution is 6.31. The zero-order valence-corrected chi connectivity index (χ0v) is 11.9. The summed E-state index contributed by atoms with van der Waals surface area (Å²) in [6, 6.07) is 16.2. The lowest BCUT2D eigenvalue weighted by Gasteiger charge is -2.12. The average Bonchev–Trinajstić information content (AvgIpc) is 2.46. The molecule has 2 aromatic rings. The first-order chi connectivity index (χ1) is 9.20. The second-order valence-electron chi connectivity index (χ2n) is 4.46. The van der Waals surface area contributed by atoms with Crippen LogP contribution >= 0.6 is 11.6 Å². The Morgan fingerprint density at radius 2 is 1.79 bits per heavy atom. The maximum Gasteiger partial charge on any atom is 0.119 e. The zero-order chi connectivity index (χ0) is 13.7. The van der Waals surface area contributed by atoms with Gasteiger partial charge in [0.1, 0.15) is 12.4 Å². The van der Waals surface area contributed by atoms with Gasteiger partial charge in [0.05, 0.1) is 0 Å². The Morgan fingerprint density at radius 3 is 2.42 bits per heavy atom. The molecular formula is C16H18ClNO. The number of nitrogens with one attached hydrogen (secondary N) is 1. The van der Waals surface area contributed by atoms with Crippen LogP contribution in [0.2, 0.25) is 5.02 Å². The molecule has 1 unspecified atom stereocenters. The van der Waals surface area contributed by atoms with Gasteiger partial charge < -0.3 is 10.1 Å². The minimum absolute atomic E-state index is 0.345. The van der Waals surface area contributed by atoms with E-state index in [2.05, 4.69) is 24.4 Å². The van der Waals surface area contributed by atoms with Crippen LogP contribution in [0.25, 0.3) is 0 Å². The summed E-state index contributed by atoms with van der Waals surface area (Å²) in [4.78, 5) is 0. The van der Waals surface area contributed by atoms with Gasteiger partial charge in [0.25, 0.3) is 0 Å². The van der Waals surface area contributed by atoms with Gasteiger partial charge in [-0.3, -0.25) is 0 Å². The number of hydrogen-bond donors (Lipinski definition) is 1. The van der Waals surface area contributed by atoms with Crippen LogP contribution in [0.3, 0.4) is 0 Å². The molecule has 0 aromatic heterocycles. The lowest BCUT2D eigenvalue weighted by molar-refractivity contribution is 0.306. The van der Waals surface area contributed by atoms with Crippen LogP contribution in [-0.4, -0.2) is 7.05 Å². The number of benzene rings is 2. The summed E-state index contributed by atoms with van der Waals surface area (Å²) in [6.07, 6.45) is 0. The normalized spacial score (nSPS) is 12.2. The van der Waals surface area contributed by atoms with Crippen molar-refractivity contribution in [2.24, 2.45) is 0 Å². The Balaban J connectivity index is 1.99. The van der Waals surface area contributed by atoms with E-state index >= 15 is 0 Å². The van der Waals surface area contributed by atoms with Crippen LogP contribution in [0.5, 0.6) is 5.75 Å². The van der Waals surface area contributed by atoms with E-state index < -0.39 is 0 Å². The summed E-state index contributed by atoms with van der Waals surface area (Å²) in [5.41, 5.74) is 2.24. The van der Waals surface area contributed by atoms with E-state index in [0.717, 1.165) is 16.3 Å². The van der Waals surface area contributed by atoms with Gasteiger partial charge in [-0.05, 0) is 37.7 Å². The first kappa shape index (κ1) is 13.9. The summed E-state index contributed by atoms with van der Waals surface area (Å²) in [6.45, 7) is 2.61. The van der Waals surface area contributed by atoms with E-state index in [1.807, 2.05) is 43.4 Å². The second-order valence-corrected chi connectivity index (χ2v) is 4.87. The molecule has 0 aliphatic carbocycles. The number of hydrogen-bond acceptors (Lipinski definition) is 2. The summed E-state index contributed by atoms with van der Waals surface area (Å²) in [7, 11) is 1.95. The largest absolute Gasteiger partial charge is 0.489 e. The highest BCUT2D eigenvalue weighted by atomic mass is 35.5. The standard InChI is InChI=1S/C16H18ClNO/c1-12(18-2)13-7-9-15(10-8-13)19-11-14-5-3-4-6-16(14)17/h3-10,12,18H,11H2,1-2H3. The minimum Gasteiger partial charge on any atom is -0.489 e. The lowest BCUT2D eigenvalue weighted by atomic mass is 10.1. The van der Waals surface area contributed by atoms with Crippen LogP contribution in [0.1, 0.15) is 24.1 Å². The van der Waals surface area contributed by atoms with Gasteiger partial charge in [-0.25, -0.2) is 0 Å². The Hall–Kier alpha value is -1.51. The van der Waals surface area contributed by atoms with Crippen LogP contribution in [0.15, 0.2) is 48.5 Å². The first-order valence-electron chi connectivity index (χ1n) is 6.34. The van der Waals surface area contributed by atoms with E-state index in [4.69, 9.17) is 16.3 Å². The molecule has 0 radical (unpaired) electrons. The van der Waals surface area contributed by atoms with E-state index in [0.29, 0.717) is 12.6 Å². The highest BCUT2D eigenvalue weighted by Crippen LogP contribution is 2.20. The van der Waals surface area contributed by atoms with Gasteiger partial charge in [-0.2, -0.15) is 0 Å². The molecule has 0 spiro atoms. The molecule has 19 heavy (non-hydrogen) atoms. The molecule has 0 fully saturated rings. The molecule has 3 heteroatoms. The summed E-state index contributed by atoms with van der Waals surface area (Å²) < 4.78 is 5.74. The van der Waals surface area contributed by atoms with Crippen molar-refractivity contribution in [2.45, 2.75) is 19.6 Å². The van der Waals surface area contributed by atoms with Gasteiger partial charge in [0.2, 0.25) is 0 Å². The third-order valence-corrected chi connectivity index (χ3v) is 3.53. The predicted octanol–water partition coefficient (Wildman–Crippen LogP) is 4.20. The Bertz CT molecular complexity index is 525. The van der Waals surface area contributed by atoms with Crippen molar-refractivity contribution in [3.63, 3.8) is 0 Å². The molecule has 0 saturated carbocycles. The van der Waals surface area contributed by atoms with Crippen LogP contribution in [0, 0.1) is 0 Å². The SMILES string of the molecule is CNC(C)c1ccc(OCc2ccccc2Cl)cc1. The van der Waals surface area contributed by atoms with Gasteiger partial charge in [-0.15, -0.1) is 0 Å². The maximum absolute atomic E-state index is 6.09. The molecule has 0 amide bonds. The fourth-order valence-electron chi connectivity index (χ4n) is 1.80. The molecule has 0 heterocycles. The van der Waals surface area contributed by atoms with Gasteiger partial charge in [0.15, 0.2) is 0 Å². The Kier molecular flexibility index (Phi) is 4.83. The van der Waals surface area contributed by atoms with Gasteiger partial charge in [0, 0.05) is 16.6 Å². The fourth-order valence-corrected chi connectivity index (χ4v) is 1.99. The summed E-state index contributed by atoms with van der Waals surface area (Å²) in [5, 5.41) is 3.95. The molecule has 1 atom stereocenters. The predicted molar refractivity (Wildman–Crippen MR) is 79.7 cm³/mol. The first-order valence-corrected chi connectivity index (χ1v) is 6.72. The summed E-state index contributed by atoms with van der Waals surface area (Å²) >= 11 is 6.09. The van der Waals surface area contributed by atoms with Gasteiger partial charge in [-0.1, -0.05) is 41.9 Å². The van der Waals surface area contributed by atoms with Crippen molar-refractivity contribution in [2.75, 3.05) is 7.05 Å². The molecule has 100 valence electrons. The number of ether oxygens (including phenoxy) is 1. The average molecular weight is 276 g/mol. The number of halogens is 1.